The number of para-hydroxylation sites is 2. The lowest BCUT2D eigenvalue weighted by Gasteiger charge is -2.13. The molecule has 0 unspecified atom stereocenters. The maximum Gasteiger partial charge on any atom is 0.291 e. The number of carbonyl (C=O) groups excluding carboxylic acids is 1. The zero-order valence-corrected chi connectivity index (χ0v) is 18.9. The van der Waals surface area contributed by atoms with E-state index in [2.05, 4.69) is 15.3 Å². The molecule has 3 rings (SSSR count). The number of aromatic nitrogens is 2. The van der Waals surface area contributed by atoms with Gasteiger partial charge in [-0.05, 0) is 68.4 Å². The minimum absolute atomic E-state index is 0.00429. The number of amides is 1. The highest BCUT2D eigenvalue weighted by atomic mass is 32.2. The Morgan fingerprint density at radius 3 is 2.52 bits per heavy atom. The Kier molecular flexibility index (Phi) is 8.42. The fourth-order valence-corrected chi connectivity index (χ4v) is 3.54. The van der Waals surface area contributed by atoms with Gasteiger partial charge in [0.25, 0.3) is 11.3 Å². The van der Waals surface area contributed by atoms with E-state index < -0.39 is 11.3 Å². The van der Waals surface area contributed by atoms with Gasteiger partial charge in [-0.25, -0.2) is 4.98 Å². The third-order valence-electron chi connectivity index (χ3n) is 4.53. The third kappa shape index (κ3) is 7.04. The minimum Gasteiger partial charge on any atom is -0.494 e. The van der Waals surface area contributed by atoms with Gasteiger partial charge in [0.05, 0.1) is 12.3 Å². The van der Waals surface area contributed by atoms with Crippen LogP contribution >= 0.6 is 11.8 Å². The first-order chi connectivity index (χ1) is 15.9. The second-order valence-corrected chi connectivity index (χ2v) is 7.84. The van der Waals surface area contributed by atoms with Gasteiger partial charge in [0.1, 0.15) is 11.5 Å². The van der Waals surface area contributed by atoms with Gasteiger partial charge in [-0.2, -0.15) is 8.78 Å². The normalized spacial score (nSPS) is 10.8. The van der Waals surface area contributed by atoms with Crippen LogP contribution in [0.15, 0.2) is 58.5 Å². The summed E-state index contributed by atoms with van der Waals surface area (Å²) >= 11 is 0.167. The monoisotopic (exact) mass is 475 g/mol. The van der Waals surface area contributed by atoms with Gasteiger partial charge in [0.2, 0.25) is 5.91 Å². The predicted molar refractivity (Wildman–Crippen MR) is 123 cm³/mol. The lowest BCUT2D eigenvalue weighted by atomic mass is 10.1. The molecular formula is C23H23F2N3O4S. The third-order valence-corrected chi connectivity index (χ3v) is 5.12. The Labute approximate surface area is 193 Å². The van der Waals surface area contributed by atoms with E-state index in [1.807, 2.05) is 6.92 Å². The maximum absolute atomic E-state index is 12.5. The molecule has 2 aromatic carbocycles. The molecule has 3 aromatic rings. The van der Waals surface area contributed by atoms with Crippen LogP contribution in [0.2, 0.25) is 0 Å². The zero-order valence-electron chi connectivity index (χ0n) is 18.1. The Bertz CT molecular complexity index is 1150. The Balaban J connectivity index is 1.64. The fraction of sp³-hybridized carbons (Fsp3) is 0.261. The van der Waals surface area contributed by atoms with Crippen molar-refractivity contribution >= 4 is 23.4 Å². The van der Waals surface area contributed by atoms with Crippen LogP contribution in [0.3, 0.4) is 0 Å². The summed E-state index contributed by atoms with van der Waals surface area (Å²) in [6, 6.07) is 14.1. The summed E-state index contributed by atoms with van der Waals surface area (Å²) in [5.74, 6) is -1.25. The minimum atomic E-state index is -2.69. The number of anilines is 1. The van der Waals surface area contributed by atoms with Crippen LogP contribution in [-0.4, -0.2) is 28.2 Å². The molecule has 10 heteroatoms. The molecule has 174 valence electrons. The standard InChI is InChI=1S/C23H23F2N3O4S/c1-3-31-15-8-10-16(11-9-15)32-19-7-5-4-6-18(19)27-20(29)13-12-17-14(2)26-23(28-21(17)30)33-22(24)25/h4-11,22H,3,12-13H2,1-2H3,(H,27,29)(H,26,28,30). The van der Waals surface area contributed by atoms with E-state index >= 15 is 0 Å². The average molecular weight is 476 g/mol. The molecule has 0 atom stereocenters. The number of carbonyl (C=O) groups is 1. The van der Waals surface area contributed by atoms with Crippen molar-refractivity contribution in [2.24, 2.45) is 0 Å². The van der Waals surface area contributed by atoms with Gasteiger partial charge in [-0.1, -0.05) is 12.1 Å². The van der Waals surface area contributed by atoms with Crippen LogP contribution < -0.4 is 20.3 Å². The number of halogens is 2. The average Bonchev–Trinajstić information content (AvgIpc) is 2.75. The van der Waals surface area contributed by atoms with Crippen LogP contribution in [0.4, 0.5) is 14.5 Å². The lowest BCUT2D eigenvalue weighted by Crippen LogP contribution is -2.20. The molecule has 2 N–H and O–H groups in total. The topological polar surface area (TPSA) is 93.3 Å². The number of nitrogens with zero attached hydrogens (tertiary/aromatic N) is 1. The van der Waals surface area contributed by atoms with Gasteiger partial charge < -0.3 is 19.8 Å². The van der Waals surface area contributed by atoms with Crippen molar-refractivity contribution in [2.75, 3.05) is 11.9 Å². The summed E-state index contributed by atoms with van der Waals surface area (Å²) in [5, 5.41) is 2.63. The molecule has 1 heterocycles. The number of hydrogen-bond acceptors (Lipinski definition) is 6. The highest BCUT2D eigenvalue weighted by molar-refractivity contribution is 7.99. The Morgan fingerprint density at radius 2 is 1.85 bits per heavy atom. The lowest BCUT2D eigenvalue weighted by molar-refractivity contribution is -0.116. The van der Waals surface area contributed by atoms with E-state index in [0.29, 0.717) is 29.5 Å². The van der Waals surface area contributed by atoms with Gasteiger partial charge in [-0.3, -0.25) is 9.59 Å². The second-order valence-electron chi connectivity index (χ2n) is 6.86. The zero-order chi connectivity index (χ0) is 23.8. The summed E-state index contributed by atoms with van der Waals surface area (Å²) in [6.07, 6.45) is 0.117. The van der Waals surface area contributed by atoms with Crippen molar-refractivity contribution in [2.45, 2.75) is 37.6 Å². The molecule has 1 amide bonds. The number of hydrogen-bond donors (Lipinski definition) is 2. The predicted octanol–water partition coefficient (Wildman–Crippen LogP) is 5.16. The van der Waals surface area contributed by atoms with E-state index in [-0.39, 0.29) is 41.2 Å². The molecule has 0 spiro atoms. The highest BCUT2D eigenvalue weighted by Crippen LogP contribution is 2.30. The summed E-state index contributed by atoms with van der Waals surface area (Å²) in [7, 11) is 0. The molecule has 7 nitrogen and oxygen atoms in total. The van der Waals surface area contributed by atoms with E-state index in [1.54, 1.807) is 55.5 Å². The number of alkyl halides is 2. The van der Waals surface area contributed by atoms with Crippen LogP contribution in [0, 0.1) is 6.92 Å². The highest BCUT2D eigenvalue weighted by Gasteiger charge is 2.15. The summed E-state index contributed by atoms with van der Waals surface area (Å²) in [6.45, 7) is 4.02. The SMILES string of the molecule is CCOc1ccc(Oc2ccccc2NC(=O)CCc2c(C)nc(SC(F)F)[nH]c2=O)cc1. The molecule has 0 saturated heterocycles. The van der Waals surface area contributed by atoms with Crippen LogP contribution in [0.5, 0.6) is 17.2 Å². The van der Waals surface area contributed by atoms with E-state index in [9.17, 15) is 18.4 Å². The molecule has 0 aliphatic carbocycles. The molecule has 33 heavy (non-hydrogen) atoms. The van der Waals surface area contributed by atoms with Crippen molar-refractivity contribution in [3.63, 3.8) is 0 Å². The van der Waals surface area contributed by atoms with Crippen LogP contribution in [-0.2, 0) is 11.2 Å². The van der Waals surface area contributed by atoms with E-state index in [4.69, 9.17) is 9.47 Å². The van der Waals surface area contributed by atoms with Crippen LogP contribution in [0.1, 0.15) is 24.6 Å². The number of rotatable bonds is 10. The first-order valence-electron chi connectivity index (χ1n) is 10.2. The molecule has 0 saturated carbocycles. The molecular weight excluding hydrogens is 452 g/mol. The number of thioether (sulfide) groups is 1. The molecule has 0 bridgehead atoms. The van der Waals surface area contributed by atoms with Gasteiger partial charge in [0.15, 0.2) is 10.9 Å². The molecule has 0 aliphatic rings. The molecule has 1 aromatic heterocycles. The van der Waals surface area contributed by atoms with Gasteiger partial charge in [0, 0.05) is 17.7 Å². The van der Waals surface area contributed by atoms with Crippen LogP contribution in [0.25, 0.3) is 0 Å². The van der Waals surface area contributed by atoms with Crippen molar-refractivity contribution in [3.05, 3.63) is 70.1 Å². The van der Waals surface area contributed by atoms with E-state index in [0.717, 1.165) is 5.75 Å². The smallest absolute Gasteiger partial charge is 0.291 e. The summed E-state index contributed by atoms with van der Waals surface area (Å²) < 4.78 is 36.3. The Morgan fingerprint density at radius 1 is 1.15 bits per heavy atom. The number of aromatic amines is 1. The van der Waals surface area contributed by atoms with Gasteiger partial charge in [-0.15, -0.1) is 0 Å². The molecule has 0 aliphatic heterocycles. The first kappa shape index (κ1) is 24.2. The van der Waals surface area contributed by atoms with Crippen molar-refractivity contribution < 1.29 is 23.0 Å². The number of aryl methyl sites for hydroxylation is 1. The quantitative estimate of drug-likeness (QED) is 0.311. The number of H-pyrrole nitrogens is 1. The molecule has 0 radical (unpaired) electrons. The van der Waals surface area contributed by atoms with E-state index in [1.165, 1.54) is 0 Å². The fourth-order valence-electron chi connectivity index (χ4n) is 3.03. The van der Waals surface area contributed by atoms with Crippen molar-refractivity contribution in [3.8, 4) is 17.2 Å². The Hall–Kier alpha value is -3.40. The molecule has 0 fully saturated rings. The van der Waals surface area contributed by atoms with Crippen molar-refractivity contribution in [1.82, 2.24) is 9.97 Å². The number of nitrogens with one attached hydrogen (secondary N) is 2. The number of benzene rings is 2. The first-order valence-corrected chi connectivity index (χ1v) is 11.1. The number of ether oxygens (including phenoxy) is 2. The summed E-state index contributed by atoms with van der Waals surface area (Å²) in [4.78, 5) is 31.1. The second kappa shape index (κ2) is 11.5. The maximum atomic E-state index is 12.5. The largest absolute Gasteiger partial charge is 0.494 e. The van der Waals surface area contributed by atoms with Crippen molar-refractivity contribution in [1.29, 1.82) is 0 Å². The van der Waals surface area contributed by atoms with Gasteiger partial charge >= 0.3 is 0 Å². The summed E-state index contributed by atoms with van der Waals surface area (Å²) in [5.41, 5.74) is 0.540.